The van der Waals surface area contributed by atoms with Crippen LogP contribution in [-0.4, -0.2) is 25.8 Å². The second-order valence-corrected chi connectivity index (χ2v) is 7.48. The van der Waals surface area contributed by atoms with Gasteiger partial charge in [-0.1, -0.05) is 24.3 Å². The van der Waals surface area contributed by atoms with Gasteiger partial charge in [-0.25, -0.2) is 0 Å². The Bertz CT molecular complexity index is 778. The number of ether oxygens (including phenoxy) is 2. The van der Waals surface area contributed by atoms with Gasteiger partial charge in [-0.2, -0.15) is 0 Å². The standard InChI is InChI=1S/C22H27NO2/c1-15-5-4-6-18(16(15)2)20-14-22(9-11-23-12-10-22)25-21-13-17(24-3)7-8-19(20)21/h4-8,13,20,23H,9-12,14H2,1-3H3. The molecule has 1 unspecified atom stereocenters. The smallest absolute Gasteiger partial charge is 0.127 e. The maximum atomic E-state index is 6.60. The predicted molar refractivity (Wildman–Crippen MR) is 101 cm³/mol. The third-order valence-corrected chi connectivity index (χ3v) is 6.04. The van der Waals surface area contributed by atoms with Gasteiger partial charge < -0.3 is 14.8 Å². The van der Waals surface area contributed by atoms with Gasteiger partial charge in [-0.05, 0) is 69.0 Å². The third-order valence-electron chi connectivity index (χ3n) is 6.04. The number of methoxy groups -OCH3 is 1. The highest BCUT2D eigenvalue weighted by Crippen LogP contribution is 2.49. The van der Waals surface area contributed by atoms with E-state index in [2.05, 4.69) is 55.6 Å². The first-order valence-electron chi connectivity index (χ1n) is 9.26. The van der Waals surface area contributed by atoms with Crippen molar-refractivity contribution in [2.24, 2.45) is 0 Å². The lowest BCUT2D eigenvalue weighted by Crippen LogP contribution is -2.49. The molecule has 3 nitrogen and oxygen atoms in total. The summed E-state index contributed by atoms with van der Waals surface area (Å²) in [6.45, 7) is 6.50. The highest BCUT2D eigenvalue weighted by atomic mass is 16.5. The Morgan fingerprint density at radius 3 is 2.64 bits per heavy atom. The van der Waals surface area contributed by atoms with Gasteiger partial charge in [-0.15, -0.1) is 0 Å². The molecule has 2 aliphatic heterocycles. The predicted octanol–water partition coefficient (Wildman–Crippen LogP) is 4.35. The van der Waals surface area contributed by atoms with Crippen LogP contribution in [0.15, 0.2) is 36.4 Å². The molecule has 0 amide bonds. The van der Waals surface area contributed by atoms with Gasteiger partial charge in [-0.3, -0.25) is 0 Å². The minimum atomic E-state index is -0.0640. The summed E-state index contributed by atoms with van der Waals surface area (Å²) in [4.78, 5) is 0. The molecule has 0 saturated carbocycles. The number of rotatable bonds is 2. The maximum Gasteiger partial charge on any atom is 0.127 e. The normalized spacial score (nSPS) is 21.5. The molecule has 0 aliphatic carbocycles. The molecule has 2 heterocycles. The lowest BCUT2D eigenvalue weighted by Gasteiger charge is -2.45. The first-order chi connectivity index (χ1) is 12.1. The van der Waals surface area contributed by atoms with Crippen LogP contribution in [-0.2, 0) is 0 Å². The molecule has 0 radical (unpaired) electrons. The van der Waals surface area contributed by atoms with Gasteiger partial charge >= 0.3 is 0 Å². The van der Waals surface area contributed by atoms with Crippen molar-refractivity contribution in [1.29, 1.82) is 0 Å². The van der Waals surface area contributed by atoms with E-state index in [4.69, 9.17) is 9.47 Å². The Morgan fingerprint density at radius 1 is 1.08 bits per heavy atom. The van der Waals surface area contributed by atoms with E-state index in [1.807, 2.05) is 0 Å². The van der Waals surface area contributed by atoms with Crippen LogP contribution in [0.2, 0.25) is 0 Å². The molecule has 1 N–H and O–H groups in total. The number of hydrogen-bond donors (Lipinski definition) is 1. The van der Waals surface area contributed by atoms with E-state index in [1.54, 1.807) is 7.11 Å². The number of hydrogen-bond acceptors (Lipinski definition) is 3. The molecule has 4 rings (SSSR count). The van der Waals surface area contributed by atoms with Crippen LogP contribution >= 0.6 is 0 Å². The fraction of sp³-hybridized carbons (Fsp3) is 0.455. The van der Waals surface area contributed by atoms with Crippen LogP contribution in [0.25, 0.3) is 0 Å². The van der Waals surface area contributed by atoms with E-state index in [9.17, 15) is 0 Å². The van der Waals surface area contributed by atoms with Gasteiger partial charge in [0.1, 0.15) is 17.1 Å². The van der Waals surface area contributed by atoms with E-state index in [0.717, 1.165) is 43.9 Å². The molecular weight excluding hydrogens is 310 g/mol. The first kappa shape index (κ1) is 16.5. The van der Waals surface area contributed by atoms with Crippen molar-refractivity contribution in [3.05, 3.63) is 58.7 Å². The second kappa shape index (κ2) is 6.38. The summed E-state index contributed by atoms with van der Waals surface area (Å²) in [5.41, 5.74) is 5.43. The average molecular weight is 337 g/mol. The molecule has 3 heteroatoms. The molecule has 1 fully saturated rings. The number of piperidine rings is 1. The molecular formula is C22H27NO2. The van der Waals surface area contributed by atoms with Crippen LogP contribution in [0.3, 0.4) is 0 Å². The van der Waals surface area contributed by atoms with Gasteiger partial charge in [0.2, 0.25) is 0 Å². The fourth-order valence-electron chi connectivity index (χ4n) is 4.39. The number of fused-ring (bicyclic) bond motifs is 1. The van der Waals surface area contributed by atoms with E-state index < -0.39 is 0 Å². The molecule has 2 aliphatic rings. The Kier molecular flexibility index (Phi) is 4.20. The van der Waals surface area contributed by atoms with Crippen molar-refractivity contribution in [3.63, 3.8) is 0 Å². The summed E-state index contributed by atoms with van der Waals surface area (Å²) in [6, 6.07) is 13.0. The average Bonchev–Trinajstić information content (AvgIpc) is 2.63. The molecule has 0 aromatic heterocycles. The molecule has 132 valence electrons. The van der Waals surface area contributed by atoms with Crippen molar-refractivity contribution in [2.75, 3.05) is 20.2 Å². The van der Waals surface area contributed by atoms with Crippen molar-refractivity contribution >= 4 is 0 Å². The lowest BCUT2D eigenvalue weighted by molar-refractivity contribution is 0.0111. The van der Waals surface area contributed by atoms with Gasteiger partial charge in [0, 0.05) is 17.5 Å². The van der Waals surface area contributed by atoms with Crippen molar-refractivity contribution in [1.82, 2.24) is 5.32 Å². The maximum absolute atomic E-state index is 6.60. The molecule has 0 bridgehead atoms. The summed E-state index contributed by atoms with van der Waals surface area (Å²) in [5, 5.41) is 3.47. The summed E-state index contributed by atoms with van der Waals surface area (Å²) in [5.74, 6) is 2.25. The highest BCUT2D eigenvalue weighted by molar-refractivity contribution is 5.51. The van der Waals surface area contributed by atoms with E-state index in [1.165, 1.54) is 22.3 Å². The first-order valence-corrected chi connectivity index (χ1v) is 9.26. The van der Waals surface area contributed by atoms with E-state index in [-0.39, 0.29) is 5.60 Å². The number of nitrogens with one attached hydrogen (secondary N) is 1. The number of aryl methyl sites for hydroxylation is 1. The largest absolute Gasteiger partial charge is 0.497 e. The van der Waals surface area contributed by atoms with Crippen LogP contribution in [0, 0.1) is 13.8 Å². The molecule has 1 saturated heterocycles. The zero-order chi connectivity index (χ0) is 17.4. The number of benzene rings is 2. The van der Waals surface area contributed by atoms with E-state index >= 15 is 0 Å². The SMILES string of the molecule is COc1ccc2c(c1)OC1(CCNCC1)CC2c1cccc(C)c1C. The highest BCUT2D eigenvalue weighted by Gasteiger charge is 2.42. The minimum absolute atomic E-state index is 0.0640. The van der Waals surface area contributed by atoms with E-state index in [0.29, 0.717) is 5.92 Å². The molecule has 2 aromatic carbocycles. The minimum Gasteiger partial charge on any atom is -0.497 e. The summed E-state index contributed by atoms with van der Waals surface area (Å²) in [7, 11) is 1.72. The Morgan fingerprint density at radius 2 is 1.88 bits per heavy atom. The molecule has 1 atom stereocenters. The quantitative estimate of drug-likeness (QED) is 0.884. The van der Waals surface area contributed by atoms with Crippen molar-refractivity contribution in [3.8, 4) is 11.5 Å². The summed E-state index contributed by atoms with van der Waals surface area (Å²) in [6.07, 6.45) is 3.17. The van der Waals surface area contributed by atoms with Gasteiger partial charge in [0.25, 0.3) is 0 Å². The van der Waals surface area contributed by atoms with Crippen molar-refractivity contribution in [2.45, 2.75) is 44.6 Å². The van der Waals surface area contributed by atoms with Crippen LogP contribution in [0.1, 0.15) is 47.4 Å². The fourth-order valence-corrected chi connectivity index (χ4v) is 4.39. The van der Waals surface area contributed by atoms with Crippen LogP contribution < -0.4 is 14.8 Å². The molecule has 25 heavy (non-hydrogen) atoms. The summed E-state index contributed by atoms with van der Waals surface area (Å²) >= 11 is 0. The Balaban J connectivity index is 1.83. The van der Waals surface area contributed by atoms with Crippen molar-refractivity contribution < 1.29 is 9.47 Å². The molecule has 1 spiro atoms. The van der Waals surface area contributed by atoms with Crippen LogP contribution in [0.4, 0.5) is 0 Å². The Labute approximate surface area is 150 Å². The van der Waals surface area contributed by atoms with Gasteiger partial charge in [0.15, 0.2) is 0 Å². The third kappa shape index (κ3) is 2.91. The topological polar surface area (TPSA) is 30.5 Å². The Hall–Kier alpha value is -2.00. The lowest BCUT2D eigenvalue weighted by atomic mass is 9.74. The van der Waals surface area contributed by atoms with Crippen LogP contribution in [0.5, 0.6) is 11.5 Å². The monoisotopic (exact) mass is 337 g/mol. The second-order valence-electron chi connectivity index (χ2n) is 7.48. The zero-order valence-corrected chi connectivity index (χ0v) is 15.4. The summed E-state index contributed by atoms with van der Waals surface area (Å²) < 4.78 is 12.1. The molecule has 2 aromatic rings. The zero-order valence-electron chi connectivity index (χ0n) is 15.4. The van der Waals surface area contributed by atoms with Gasteiger partial charge in [0.05, 0.1) is 7.11 Å².